The molecular weight excluding hydrogens is 276 g/mol. The Kier molecular flexibility index (Phi) is 3.71. The van der Waals surface area contributed by atoms with Gasteiger partial charge in [-0.1, -0.05) is 48.6 Å². The van der Waals surface area contributed by atoms with E-state index >= 15 is 0 Å². The Morgan fingerprint density at radius 2 is 1.59 bits per heavy atom. The zero-order valence-corrected chi connectivity index (χ0v) is 13.7. The smallest absolute Gasteiger partial charge is 0.313 e. The molecule has 0 bridgehead atoms. The van der Waals surface area contributed by atoms with Gasteiger partial charge in [-0.15, -0.1) is 0 Å². The van der Waals surface area contributed by atoms with Gasteiger partial charge >= 0.3 is 6.03 Å². The number of imide groups is 1. The second-order valence-corrected chi connectivity index (χ2v) is 6.82. The third kappa shape index (κ3) is 2.31. The fourth-order valence-electron chi connectivity index (χ4n) is 4.01. The molecule has 3 rings (SSSR count). The lowest BCUT2D eigenvalue weighted by Gasteiger charge is -2.35. The summed E-state index contributed by atoms with van der Waals surface area (Å²) in [5, 5.41) is 0. The summed E-state index contributed by atoms with van der Waals surface area (Å²) in [6.45, 7) is 4.46. The van der Waals surface area contributed by atoms with Crippen LogP contribution < -0.4 is 0 Å². The van der Waals surface area contributed by atoms with E-state index in [0.29, 0.717) is 6.54 Å². The first-order chi connectivity index (χ1) is 10.4. The van der Waals surface area contributed by atoms with Gasteiger partial charge in [0.05, 0.1) is 6.54 Å². The van der Waals surface area contributed by atoms with E-state index in [9.17, 15) is 9.59 Å². The number of nitrogens with zero attached hydrogens (tertiary/aromatic N) is 2. The second-order valence-electron chi connectivity index (χ2n) is 6.82. The van der Waals surface area contributed by atoms with E-state index in [1.54, 1.807) is 11.9 Å². The normalized spacial score (nSPS) is 21.0. The van der Waals surface area contributed by atoms with Crippen LogP contribution in [0.2, 0.25) is 0 Å². The molecule has 1 aliphatic carbocycles. The molecule has 1 saturated carbocycles. The molecule has 0 atom stereocenters. The van der Waals surface area contributed by atoms with Crippen LogP contribution in [-0.4, -0.2) is 34.3 Å². The molecule has 0 aromatic heterocycles. The lowest BCUT2D eigenvalue weighted by molar-refractivity contribution is -0.134. The van der Waals surface area contributed by atoms with Gasteiger partial charge in [0.15, 0.2) is 0 Å². The summed E-state index contributed by atoms with van der Waals surface area (Å²) < 4.78 is 0. The highest BCUT2D eigenvalue weighted by Crippen LogP contribution is 2.39. The van der Waals surface area contributed by atoms with E-state index in [2.05, 4.69) is 18.2 Å². The van der Waals surface area contributed by atoms with E-state index in [0.717, 1.165) is 48.8 Å². The molecule has 1 aromatic rings. The number of aryl methyl sites for hydroxylation is 2. The first-order valence-electron chi connectivity index (χ1n) is 8.11. The van der Waals surface area contributed by atoms with Gasteiger partial charge in [-0.3, -0.25) is 9.69 Å². The fourth-order valence-corrected chi connectivity index (χ4v) is 4.01. The lowest BCUT2D eigenvalue weighted by atomic mass is 9.80. The Labute approximate surface area is 132 Å². The molecule has 2 fully saturated rings. The fraction of sp³-hybridized carbons (Fsp3) is 0.556. The number of likely N-dealkylation sites (N-methyl/N-ethyl adjacent to an activating group) is 1. The van der Waals surface area contributed by atoms with E-state index in [1.165, 1.54) is 4.90 Å². The first-order valence-corrected chi connectivity index (χ1v) is 8.11. The van der Waals surface area contributed by atoms with Crippen molar-refractivity contribution in [3.05, 3.63) is 34.9 Å². The van der Waals surface area contributed by atoms with Gasteiger partial charge in [-0.05, 0) is 32.3 Å². The summed E-state index contributed by atoms with van der Waals surface area (Å²) in [6, 6.07) is 6.07. The van der Waals surface area contributed by atoms with Crippen molar-refractivity contribution >= 4 is 11.9 Å². The van der Waals surface area contributed by atoms with Crippen LogP contribution in [0.3, 0.4) is 0 Å². The van der Waals surface area contributed by atoms with Crippen LogP contribution >= 0.6 is 0 Å². The molecule has 0 unspecified atom stereocenters. The van der Waals surface area contributed by atoms with Crippen molar-refractivity contribution in [2.45, 2.75) is 58.0 Å². The average molecular weight is 300 g/mol. The summed E-state index contributed by atoms with van der Waals surface area (Å²) in [4.78, 5) is 28.7. The molecule has 3 amide bonds. The van der Waals surface area contributed by atoms with Crippen molar-refractivity contribution in [3.63, 3.8) is 0 Å². The topological polar surface area (TPSA) is 40.6 Å². The van der Waals surface area contributed by atoms with Crippen molar-refractivity contribution < 1.29 is 9.59 Å². The molecule has 0 radical (unpaired) electrons. The van der Waals surface area contributed by atoms with Gasteiger partial charge in [0, 0.05) is 7.05 Å². The van der Waals surface area contributed by atoms with Crippen molar-refractivity contribution in [1.29, 1.82) is 0 Å². The van der Waals surface area contributed by atoms with Gasteiger partial charge in [-0.2, -0.15) is 0 Å². The maximum Gasteiger partial charge on any atom is 0.327 e. The number of carbonyl (C=O) groups is 2. The summed E-state index contributed by atoms with van der Waals surface area (Å²) >= 11 is 0. The molecule has 1 aromatic carbocycles. The van der Waals surface area contributed by atoms with Gasteiger partial charge in [0.1, 0.15) is 5.54 Å². The van der Waals surface area contributed by atoms with Crippen molar-refractivity contribution in [2.24, 2.45) is 0 Å². The van der Waals surface area contributed by atoms with E-state index in [1.807, 2.05) is 13.8 Å². The summed E-state index contributed by atoms with van der Waals surface area (Å²) in [5.41, 5.74) is 2.78. The Balaban J connectivity index is 1.88. The minimum atomic E-state index is -0.575. The molecule has 1 aliphatic heterocycles. The van der Waals surface area contributed by atoms with Crippen LogP contribution in [0.5, 0.6) is 0 Å². The lowest BCUT2D eigenvalue weighted by Crippen LogP contribution is -2.49. The van der Waals surface area contributed by atoms with Gasteiger partial charge in [-0.25, -0.2) is 4.79 Å². The molecule has 2 aliphatic rings. The molecule has 1 heterocycles. The van der Waals surface area contributed by atoms with Crippen molar-refractivity contribution in [2.75, 3.05) is 7.05 Å². The Bertz CT molecular complexity index is 597. The largest absolute Gasteiger partial charge is 0.327 e. The summed E-state index contributed by atoms with van der Waals surface area (Å²) in [5.74, 6) is -0.00106. The summed E-state index contributed by atoms with van der Waals surface area (Å²) in [7, 11) is 1.78. The quantitative estimate of drug-likeness (QED) is 0.785. The van der Waals surface area contributed by atoms with Gasteiger partial charge < -0.3 is 4.90 Å². The van der Waals surface area contributed by atoms with E-state index in [-0.39, 0.29) is 11.9 Å². The molecule has 4 nitrogen and oxygen atoms in total. The number of rotatable bonds is 2. The third-order valence-electron chi connectivity index (χ3n) is 5.11. The standard InChI is InChI=1S/C18H24N2O2/c1-13-9-14(2)11-15(10-13)12-20-16(21)18(19(3)17(20)22)7-5-4-6-8-18/h9-11H,4-8,12H2,1-3H3. The Morgan fingerprint density at radius 1 is 1.00 bits per heavy atom. The SMILES string of the molecule is Cc1cc(C)cc(CN2C(=O)N(C)C3(CCCCC3)C2=O)c1. The van der Waals surface area contributed by atoms with Gasteiger partial charge in [0.2, 0.25) is 0 Å². The molecule has 0 N–H and O–H groups in total. The first kappa shape index (κ1) is 15.1. The van der Waals surface area contributed by atoms with Crippen LogP contribution in [0.4, 0.5) is 4.79 Å². The maximum absolute atomic E-state index is 12.9. The van der Waals surface area contributed by atoms with Crippen LogP contribution in [0.25, 0.3) is 0 Å². The number of hydrogen-bond donors (Lipinski definition) is 0. The highest BCUT2D eigenvalue weighted by atomic mass is 16.2. The summed E-state index contributed by atoms with van der Waals surface area (Å²) in [6.07, 6.45) is 4.82. The maximum atomic E-state index is 12.9. The Hall–Kier alpha value is -1.84. The number of carbonyl (C=O) groups excluding carboxylic acids is 2. The van der Waals surface area contributed by atoms with E-state index in [4.69, 9.17) is 0 Å². The highest BCUT2D eigenvalue weighted by molar-refractivity contribution is 6.06. The molecular formula is C18H24N2O2. The number of benzene rings is 1. The number of hydrogen-bond acceptors (Lipinski definition) is 2. The minimum absolute atomic E-state index is 0.00106. The highest BCUT2D eigenvalue weighted by Gasteiger charge is 2.55. The van der Waals surface area contributed by atoms with Gasteiger partial charge in [0.25, 0.3) is 5.91 Å². The van der Waals surface area contributed by atoms with Crippen LogP contribution in [-0.2, 0) is 11.3 Å². The predicted molar refractivity (Wildman–Crippen MR) is 85.4 cm³/mol. The second kappa shape index (κ2) is 5.41. The van der Waals surface area contributed by atoms with Crippen LogP contribution in [0, 0.1) is 13.8 Å². The predicted octanol–water partition coefficient (Wildman–Crippen LogP) is 3.40. The number of amides is 3. The molecule has 1 saturated heterocycles. The van der Waals surface area contributed by atoms with Crippen LogP contribution in [0.1, 0.15) is 48.8 Å². The molecule has 22 heavy (non-hydrogen) atoms. The molecule has 4 heteroatoms. The zero-order valence-electron chi connectivity index (χ0n) is 13.7. The zero-order chi connectivity index (χ0) is 15.9. The number of urea groups is 1. The molecule has 1 spiro atoms. The minimum Gasteiger partial charge on any atom is -0.313 e. The third-order valence-corrected chi connectivity index (χ3v) is 5.11. The monoisotopic (exact) mass is 300 g/mol. The average Bonchev–Trinajstić information content (AvgIpc) is 2.64. The van der Waals surface area contributed by atoms with Crippen molar-refractivity contribution in [1.82, 2.24) is 9.80 Å². The van der Waals surface area contributed by atoms with E-state index < -0.39 is 5.54 Å². The van der Waals surface area contributed by atoms with Crippen molar-refractivity contribution in [3.8, 4) is 0 Å². The molecule has 118 valence electrons. The Morgan fingerprint density at radius 3 is 2.18 bits per heavy atom. The van der Waals surface area contributed by atoms with Crippen LogP contribution in [0.15, 0.2) is 18.2 Å².